The summed E-state index contributed by atoms with van der Waals surface area (Å²) in [5, 5.41) is 9.14. The highest BCUT2D eigenvalue weighted by Crippen LogP contribution is 2.38. The van der Waals surface area contributed by atoms with E-state index in [0.29, 0.717) is 5.56 Å². The van der Waals surface area contributed by atoms with Crippen LogP contribution in [0.3, 0.4) is 0 Å². The number of nitriles is 1. The van der Waals surface area contributed by atoms with Crippen molar-refractivity contribution in [3.8, 4) is 6.07 Å². The molecule has 1 aromatic rings. The van der Waals surface area contributed by atoms with Gasteiger partial charge in [0.15, 0.2) is 5.78 Å². The lowest BCUT2D eigenvalue weighted by molar-refractivity contribution is -0.127. The highest BCUT2D eigenvalue weighted by molar-refractivity contribution is 5.90. The Hall–Kier alpha value is -1.83. The second kappa shape index (κ2) is 5.66. The van der Waals surface area contributed by atoms with E-state index in [0.717, 1.165) is 0 Å². The molecule has 0 bridgehead atoms. The number of hydrogen-bond donors (Lipinski definition) is 0. The molecule has 0 aliphatic heterocycles. The van der Waals surface area contributed by atoms with E-state index in [-0.39, 0.29) is 31.5 Å². The number of rotatable bonds is 3. The third-order valence-electron chi connectivity index (χ3n) is 3.74. The van der Waals surface area contributed by atoms with E-state index < -0.39 is 23.6 Å². The minimum atomic E-state index is -2.70. The SMILES string of the molecule is N#CC(C(=O)C1CCC(F)(F)CC1)c1ccc(F)cc1. The number of benzene rings is 1. The average molecular weight is 281 g/mol. The van der Waals surface area contributed by atoms with Gasteiger partial charge >= 0.3 is 0 Å². The van der Waals surface area contributed by atoms with E-state index in [2.05, 4.69) is 0 Å². The number of alkyl halides is 2. The second-order valence-corrected chi connectivity index (χ2v) is 5.15. The van der Waals surface area contributed by atoms with Gasteiger partial charge in [0.25, 0.3) is 0 Å². The predicted molar refractivity (Wildman–Crippen MR) is 66.7 cm³/mol. The molecule has 106 valence electrons. The molecule has 20 heavy (non-hydrogen) atoms. The van der Waals surface area contributed by atoms with Crippen LogP contribution in [-0.2, 0) is 4.79 Å². The summed E-state index contributed by atoms with van der Waals surface area (Å²) in [4.78, 5) is 12.3. The van der Waals surface area contributed by atoms with Gasteiger partial charge in [0, 0.05) is 18.8 Å². The van der Waals surface area contributed by atoms with Crippen molar-refractivity contribution in [2.45, 2.75) is 37.5 Å². The Morgan fingerprint density at radius 3 is 2.30 bits per heavy atom. The van der Waals surface area contributed by atoms with Crippen LogP contribution in [0, 0.1) is 23.1 Å². The topological polar surface area (TPSA) is 40.9 Å². The minimum absolute atomic E-state index is 0.102. The van der Waals surface area contributed by atoms with Crippen molar-refractivity contribution in [1.29, 1.82) is 5.26 Å². The standard InChI is InChI=1S/C15H14F3NO/c16-12-3-1-10(2-4-12)13(9-19)14(20)11-5-7-15(17,18)8-6-11/h1-4,11,13H,5-8H2. The molecule has 5 heteroatoms. The zero-order valence-electron chi connectivity index (χ0n) is 10.8. The lowest BCUT2D eigenvalue weighted by atomic mass is 9.79. The maximum Gasteiger partial charge on any atom is 0.248 e. The summed E-state index contributed by atoms with van der Waals surface area (Å²) in [6.07, 6.45) is -0.424. The lowest BCUT2D eigenvalue weighted by Crippen LogP contribution is -2.31. The van der Waals surface area contributed by atoms with E-state index in [1.807, 2.05) is 6.07 Å². The number of hydrogen-bond acceptors (Lipinski definition) is 2. The average Bonchev–Trinajstić information content (AvgIpc) is 2.41. The van der Waals surface area contributed by atoms with Gasteiger partial charge in [-0.3, -0.25) is 4.79 Å². The zero-order chi connectivity index (χ0) is 14.8. The van der Waals surface area contributed by atoms with E-state index in [4.69, 9.17) is 5.26 Å². The Kier molecular flexibility index (Phi) is 4.12. The molecule has 0 spiro atoms. The van der Waals surface area contributed by atoms with Crippen molar-refractivity contribution in [3.05, 3.63) is 35.6 Å². The maximum atomic E-state index is 13.1. The Morgan fingerprint density at radius 1 is 1.25 bits per heavy atom. The Labute approximate surface area is 115 Å². The Balaban J connectivity index is 2.11. The fraction of sp³-hybridized carbons (Fsp3) is 0.467. The lowest BCUT2D eigenvalue weighted by Gasteiger charge is -2.28. The summed E-state index contributed by atoms with van der Waals surface area (Å²) in [5.41, 5.74) is 0.413. The monoisotopic (exact) mass is 281 g/mol. The molecular weight excluding hydrogens is 267 g/mol. The van der Waals surface area contributed by atoms with E-state index in [1.165, 1.54) is 24.3 Å². The van der Waals surface area contributed by atoms with Gasteiger partial charge in [-0.15, -0.1) is 0 Å². The maximum absolute atomic E-state index is 13.1. The summed E-state index contributed by atoms with van der Waals surface area (Å²) in [6.45, 7) is 0. The summed E-state index contributed by atoms with van der Waals surface area (Å²) in [5.74, 6) is -5.00. The van der Waals surface area contributed by atoms with Crippen molar-refractivity contribution in [3.63, 3.8) is 0 Å². The van der Waals surface area contributed by atoms with E-state index >= 15 is 0 Å². The van der Waals surface area contributed by atoms with Crippen LogP contribution in [0.2, 0.25) is 0 Å². The first kappa shape index (κ1) is 14.6. The summed E-state index contributed by atoms with van der Waals surface area (Å²) >= 11 is 0. The van der Waals surface area contributed by atoms with Gasteiger partial charge < -0.3 is 0 Å². The van der Waals surface area contributed by atoms with Crippen molar-refractivity contribution in [2.24, 2.45) is 5.92 Å². The number of carbonyl (C=O) groups is 1. The van der Waals surface area contributed by atoms with Crippen LogP contribution in [0.4, 0.5) is 13.2 Å². The van der Waals surface area contributed by atoms with Gasteiger partial charge in [-0.1, -0.05) is 12.1 Å². The molecule has 1 aliphatic rings. The summed E-state index contributed by atoms with van der Waals surface area (Å²) < 4.78 is 39.0. The highest BCUT2D eigenvalue weighted by atomic mass is 19.3. The van der Waals surface area contributed by atoms with Crippen molar-refractivity contribution < 1.29 is 18.0 Å². The van der Waals surface area contributed by atoms with E-state index in [1.54, 1.807) is 0 Å². The fourth-order valence-corrected chi connectivity index (χ4v) is 2.52. The van der Waals surface area contributed by atoms with Crippen LogP contribution in [0.1, 0.15) is 37.2 Å². The third-order valence-corrected chi connectivity index (χ3v) is 3.74. The molecule has 0 aromatic heterocycles. The van der Waals surface area contributed by atoms with Gasteiger partial charge in [0.1, 0.15) is 11.7 Å². The molecule has 0 radical (unpaired) electrons. The molecule has 0 saturated heterocycles. The van der Waals surface area contributed by atoms with E-state index in [9.17, 15) is 18.0 Å². The molecule has 1 fully saturated rings. The molecule has 0 N–H and O–H groups in total. The number of ketones is 1. The van der Waals surface area contributed by atoms with Crippen LogP contribution in [0.25, 0.3) is 0 Å². The van der Waals surface area contributed by atoms with Gasteiger partial charge in [0.05, 0.1) is 6.07 Å². The second-order valence-electron chi connectivity index (χ2n) is 5.15. The Bertz CT molecular complexity index is 523. The number of halogens is 3. The Morgan fingerprint density at radius 2 is 1.80 bits per heavy atom. The molecule has 1 atom stereocenters. The summed E-state index contributed by atoms with van der Waals surface area (Å²) in [7, 11) is 0. The molecular formula is C15H14F3NO. The van der Waals surface area contributed by atoms with Gasteiger partial charge in [-0.25, -0.2) is 13.2 Å². The van der Waals surface area contributed by atoms with Gasteiger partial charge in [-0.05, 0) is 30.5 Å². The zero-order valence-corrected chi connectivity index (χ0v) is 10.8. The number of nitrogens with zero attached hydrogens (tertiary/aromatic N) is 1. The molecule has 2 rings (SSSR count). The number of Topliss-reactive ketones (excluding diaryl/α,β-unsaturated/α-hetero) is 1. The molecule has 1 saturated carbocycles. The molecule has 1 unspecified atom stereocenters. The van der Waals surface area contributed by atoms with Gasteiger partial charge in [0.2, 0.25) is 5.92 Å². The minimum Gasteiger partial charge on any atom is -0.298 e. The first-order valence-electron chi connectivity index (χ1n) is 6.49. The third kappa shape index (κ3) is 3.19. The van der Waals surface area contributed by atoms with Crippen LogP contribution in [0.5, 0.6) is 0 Å². The van der Waals surface area contributed by atoms with Crippen LogP contribution < -0.4 is 0 Å². The molecule has 0 amide bonds. The first-order valence-corrected chi connectivity index (χ1v) is 6.49. The van der Waals surface area contributed by atoms with Gasteiger partial charge in [-0.2, -0.15) is 5.26 Å². The highest BCUT2D eigenvalue weighted by Gasteiger charge is 2.39. The van der Waals surface area contributed by atoms with Crippen LogP contribution in [-0.4, -0.2) is 11.7 Å². The van der Waals surface area contributed by atoms with Crippen LogP contribution >= 0.6 is 0 Å². The van der Waals surface area contributed by atoms with Crippen molar-refractivity contribution >= 4 is 5.78 Å². The van der Waals surface area contributed by atoms with Crippen molar-refractivity contribution in [2.75, 3.05) is 0 Å². The molecule has 2 nitrogen and oxygen atoms in total. The largest absolute Gasteiger partial charge is 0.298 e. The fourth-order valence-electron chi connectivity index (χ4n) is 2.52. The van der Waals surface area contributed by atoms with Crippen LogP contribution in [0.15, 0.2) is 24.3 Å². The number of carbonyl (C=O) groups excluding carboxylic acids is 1. The molecule has 1 aromatic carbocycles. The molecule has 0 heterocycles. The molecule has 1 aliphatic carbocycles. The van der Waals surface area contributed by atoms with Crippen molar-refractivity contribution in [1.82, 2.24) is 0 Å². The summed E-state index contributed by atoms with van der Waals surface area (Å²) in [6, 6.07) is 7.04. The normalized spacial score (nSPS) is 20.1. The smallest absolute Gasteiger partial charge is 0.248 e. The first-order chi connectivity index (χ1) is 9.43. The predicted octanol–water partition coefficient (Wildman–Crippen LogP) is 3.83. The quantitative estimate of drug-likeness (QED) is 0.845.